The van der Waals surface area contributed by atoms with E-state index in [1.54, 1.807) is 18.2 Å². The molecule has 5 nitrogen and oxygen atoms in total. The summed E-state index contributed by atoms with van der Waals surface area (Å²) in [4.78, 5) is 4.41. The molecule has 0 N–H and O–H groups in total. The van der Waals surface area contributed by atoms with Gasteiger partial charge >= 0.3 is 6.08 Å². The molecule has 0 atom stereocenters. The number of rotatable bonds is 3. The van der Waals surface area contributed by atoms with Crippen LogP contribution in [0, 0.1) is 0 Å². The second kappa shape index (κ2) is 4.64. The number of ether oxygens (including phenoxy) is 1. The average Bonchev–Trinajstić information content (AvgIpc) is 2.80. The molecule has 102 valence electrons. The average molecular weight is 289 g/mol. The van der Waals surface area contributed by atoms with E-state index >= 15 is 0 Å². The summed E-state index contributed by atoms with van der Waals surface area (Å²) < 4.78 is 33.6. The third-order valence-corrected chi connectivity index (χ3v) is 3.86. The van der Waals surface area contributed by atoms with Gasteiger partial charge in [0.2, 0.25) is 0 Å². The molecule has 20 heavy (non-hydrogen) atoms. The summed E-state index contributed by atoms with van der Waals surface area (Å²) in [5.74, 6) is 0.462. The quantitative estimate of drug-likeness (QED) is 0.741. The van der Waals surface area contributed by atoms with Gasteiger partial charge in [-0.1, -0.05) is 12.1 Å². The van der Waals surface area contributed by atoms with Crippen LogP contribution in [0.15, 0.2) is 57.8 Å². The standard InChI is InChI=1S/C14H11NO4S/c1-20(16,17)11-8-6-10(7-9-11)18-14-15-12-4-2-3-5-13(12)19-14/h2-9H,1H3. The number of oxazole rings is 1. The van der Waals surface area contributed by atoms with Crippen LogP contribution in [0.4, 0.5) is 0 Å². The van der Waals surface area contributed by atoms with Gasteiger partial charge in [0.25, 0.3) is 0 Å². The smallest absolute Gasteiger partial charge is 0.400 e. The van der Waals surface area contributed by atoms with E-state index in [0.717, 1.165) is 6.26 Å². The Balaban J connectivity index is 1.87. The fourth-order valence-electron chi connectivity index (χ4n) is 1.75. The fraction of sp³-hybridized carbons (Fsp3) is 0.0714. The monoisotopic (exact) mass is 289 g/mol. The van der Waals surface area contributed by atoms with Gasteiger partial charge in [0.05, 0.1) is 4.90 Å². The number of hydrogen-bond acceptors (Lipinski definition) is 5. The Morgan fingerprint density at radius 1 is 1.05 bits per heavy atom. The Labute approximate surface area is 115 Å². The first-order chi connectivity index (χ1) is 9.52. The summed E-state index contributed by atoms with van der Waals surface area (Å²) in [5.41, 5.74) is 1.34. The summed E-state index contributed by atoms with van der Waals surface area (Å²) >= 11 is 0. The molecule has 6 heteroatoms. The van der Waals surface area contributed by atoms with Crippen molar-refractivity contribution >= 4 is 20.9 Å². The van der Waals surface area contributed by atoms with Crippen molar-refractivity contribution in [2.75, 3.05) is 6.26 Å². The van der Waals surface area contributed by atoms with Gasteiger partial charge in [-0.25, -0.2) is 8.42 Å². The van der Waals surface area contributed by atoms with Gasteiger partial charge in [-0.15, -0.1) is 0 Å². The molecule has 0 unspecified atom stereocenters. The number of hydrogen-bond donors (Lipinski definition) is 0. The highest BCUT2D eigenvalue weighted by molar-refractivity contribution is 7.90. The van der Waals surface area contributed by atoms with Crippen LogP contribution in [0.5, 0.6) is 11.8 Å². The lowest BCUT2D eigenvalue weighted by atomic mass is 10.3. The zero-order chi connectivity index (χ0) is 14.2. The van der Waals surface area contributed by atoms with Gasteiger partial charge in [-0.3, -0.25) is 0 Å². The lowest BCUT2D eigenvalue weighted by molar-refractivity contribution is 0.343. The van der Waals surface area contributed by atoms with Crippen LogP contribution in [0.1, 0.15) is 0 Å². The lowest BCUT2D eigenvalue weighted by Gasteiger charge is -2.01. The van der Waals surface area contributed by atoms with E-state index in [0.29, 0.717) is 16.8 Å². The van der Waals surface area contributed by atoms with E-state index in [1.165, 1.54) is 12.1 Å². The minimum atomic E-state index is -3.21. The maximum absolute atomic E-state index is 11.3. The lowest BCUT2D eigenvalue weighted by Crippen LogP contribution is -1.96. The molecule has 0 aliphatic rings. The van der Waals surface area contributed by atoms with Crippen LogP contribution in [0.2, 0.25) is 0 Å². The van der Waals surface area contributed by atoms with E-state index in [4.69, 9.17) is 9.15 Å². The first kappa shape index (κ1) is 12.7. The van der Waals surface area contributed by atoms with Crippen molar-refractivity contribution in [2.45, 2.75) is 4.90 Å². The Kier molecular flexibility index (Phi) is 2.94. The minimum Gasteiger partial charge on any atom is -0.411 e. The van der Waals surface area contributed by atoms with E-state index in [2.05, 4.69) is 4.98 Å². The molecule has 0 saturated heterocycles. The molecule has 0 saturated carbocycles. The first-order valence-corrected chi connectivity index (χ1v) is 7.75. The maximum atomic E-state index is 11.3. The second-order valence-corrected chi connectivity index (χ2v) is 6.31. The number of fused-ring (bicyclic) bond motifs is 1. The summed E-state index contributed by atoms with van der Waals surface area (Å²) in [6.07, 6.45) is 1.28. The van der Waals surface area contributed by atoms with Crippen molar-refractivity contribution < 1.29 is 17.6 Å². The molecular weight excluding hydrogens is 278 g/mol. The fourth-order valence-corrected chi connectivity index (χ4v) is 2.38. The van der Waals surface area contributed by atoms with Crippen molar-refractivity contribution in [1.29, 1.82) is 0 Å². The molecule has 0 spiro atoms. The zero-order valence-corrected chi connectivity index (χ0v) is 11.4. The van der Waals surface area contributed by atoms with Crippen LogP contribution in [0.25, 0.3) is 11.1 Å². The van der Waals surface area contributed by atoms with E-state index < -0.39 is 9.84 Å². The van der Waals surface area contributed by atoms with E-state index in [-0.39, 0.29) is 11.0 Å². The summed E-state index contributed by atoms with van der Waals surface area (Å²) in [6, 6.07) is 13.4. The van der Waals surface area contributed by atoms with Crippen LogP contribution in [-0.2, 0) is 9.84 Å². The van der Waals surface area contributed by atoms with Crippen molar-refractivity contribution in [3.05, 3.63) is 48.5 Å². The number of para-hydroxylation sites is 2. The Bertz CT molecular complexity index is 817. The van der Waals surface area contributed by atoms with Crippen molar-refractivity contribution in [3.63, 3.8) is 0 Å². The predicted molar refractivity (Wildman–Crippen MR) is 73.6 cm³/mol. The molecule has 2 aromatic carbocycles. The maximum Gasteiger partial charge on any atom is 0.400 e. The summed E-state index contributed by atoms with van der Waals surface area (Å²) in [7, 11) is -3.21. The van der Waals surface area contributed by atoms with Gasteiger partial charge in [-0.05, 0) is 36.4 Å². The van der Waals surface area contributed by atoms with Crippen LogP contribution >= 0.6 is 0 Å². The normalized spacial score (nSPS) is 11.7. The summed E-state index contributed by atoms with van der Waals surface area (Å²) in [5, 5.41) is 0. The molecule has 0 bridgehead atoms. The molecule has 0 amide bonds. The largest absolute Gasteiger partial charge is 0.411 e. The molecule has 3 aromatic rings. The van der Waals surface area contributed by atoms with E-state index in [9.17, 15) is 8.42 Å². The van der Waals surface area contributed by atoms with Crippen LogP contribution in [0.3, 0.4) is 0 Å². The van der Waals surface area contributed by atoms with E-state index in [1.807, 2.05) is 18.2 Å². The Morgan fingerprint density at radius 3 is 2.40 bits per heavy atom. The van der Waals surface area contributed by atoms with Crippen LogP contribution < -0.4 is 4.74 Å². The van der Waals surface area contributed by atoms with Gasteiger partial charge in [0.1, 0.15) is 11.3 Å². The highest BCUT2D eigenvalue weighted by Crippen LogP contribution is 2.25. The van der Waals surface area contributed by atoms with Crippen LogP contribution in [-0.4, -0.2) is 19.7 Å². The minimum absolute atomic E-state index is 0.123. The molecular formula is C14H11NO4S. The number of sulfone groups is 1. The summed E-state index contributed by atoms with van der Waals surface area (Å²) in [6.45, 7) is 0. The Hall–Kier alpha value is -2.34. The molecule has 1 aromatic heterocycles. The van der Waals surface area contributed by atoms with Crippen molar-refractivity contribution in [2.24, 2.45) is 0 Å². The molecule has 3 rings (SSSR count). The third-order valence-electron chi connectivity index (χ3n) is 2.73. The topological polar surface area (TPSA) is 69.4 Å². The molecule has 0 radical (unpaired) electrons. The highest BCUT2D eigenvalue weighted by Gasteiger charge is 2.09. The molecule has 0 aliphatic heterocycles. The SMILES string of the molecule is CS(=O)(=O)c1ccc(Oc2nc3ccccc3o2)cc1. The molecule has 1 heterocycles. The Morgan fingerprint density at radius 2 is 1.75 bits per heavy atom. The van der Waals surface area contributed by atoms with Crippen molar-refractivity contribution in [3.8, 4) is 11.8 Å². The zero-order valence-electron chi connectivity index (χ0n) is 10.6. The van der Waals surface area contributed by atoms with Crippen molar-refractivity contribution in [1.82, 2.24) is 4.98 Å². The predicted octanol–water partition coefficient (Wildman–Crippen LogP) is 3.02. The molecule has 0 fully saturated rings. The van der Waals surface area contributed by atoms with Gasteiger partial charge in [0.15, 0.2) is 15.4 Å². The number of benzene rings is 2. The number of aromatic nitrogens is 1. The van der Waals surface area contributed by atoms with Gasteiger partial charge in [0, 0.05) is 6.26 Å². The van der Waals surface area contributed by atoms with Gasteiger partial charge < -0.3 is 9.15 Å². The second-order valence-electron chi connectivity index (χ2n) is 4.29. The number of nitrogens with zero attached hydrogens (tertiary/aromatic N) is 1. The van der Waals surface area contributed by atoms with Gasteiger partial charge in [-0.2, -0.15) is 4.98 Å². The third kappa shape index (κ3) is 2.50. The molecule has 0 aliphatic carbocycles. The first-order valence-electron chi connectivity index (χ1n) is 5.86. The highest BCUT2D eigenvalue weighted by atomic mass is 32.2.